The lowest BCUT2D eigenvalue weighted by Gasteiger charge is -2.20. The molecule has 0 bridgehead atoms. The van der Waals surface area contributed by atoms with Gasteiger partial charge >= 0.3 is 0 Å². The Bertz CT molecular complexity index is 529. The Hall–Kier alpha value is -1.43. The van der Waals surface area contributed by atoms with E-state index in [-0.39, 0.29) is 0 Å². The minimum Gasteiger partial charge on any atom is -0.378 e. The maximum atomic E-state index is 5.35. The molecule has 0 spiro atoms. The second-order valence-corrected chi connectivity index (χ2v) is 5.08. The van der Waals surface area contributed by atoms with Gasteiger partial charge in [0.25, 0.3) is 5.89 Å². The lowest BCUT2D eigenvalue weighted by Crippen LogP contribution is -2.10. The molecule has 1 fully saturated rings. The number of anilines is 1. The van der Waals surface area contributed by atoms with Gasteiger partial charge in [0.15, 0.2) is 5.82 Å². The molecule has 0 saturated heterocycles. The van der Waals surface area contributed by atoms with Crippen LogP contribution in [0.25, 0.3) is 11.5 Å². The zero-order valence-electron chi connectivity index (χ0n) is 9.86. The minimum absolute atomic E-state index is 0.498. The summed E-state index contributed by atoms with van der Waals surface area (Å²) in [6.45, 7) is 1.96. The average molecular weight is 250 g/mol. The van der Waals surface area contributed by atoms with Gasteiger partial charge in [-0.15, -0.1) is 0 Å². The predicted molar refractivity (Wildman–Crippen MR) is 66.3 cm³/mol. The molecule has 0 aromatic carbocycles. The van der Waals surface area contributed by atoms with Gasteiger partial charge in [0.05, 0.1) is 11.3 Å². The number of aromatic nitrogens is 3. The molecule has 90 valence electrons. The number of nitrogens with zero attached hydrogens (tertiary/aromatic N) is 3. The van der Waals surface area contributed by atoms with Crippen molar-refractivity contribution in [3.05, 3.63) is 11.5 Å². The summed E-state index contributed by atoms with van der Waals surface area (Å²) in [7, 11) is 1.87. The molecule has 0 amide bonds. The molecule has 0 aliphatic heterocycles. The SMILES string of the molecule is CNc1snc(C)c1-c1nc(C2CCC2)no1. The van der Waals surface area contributed by atoms with E-state index in [4.69, 9.17) is 4.52 Å². The molecule has 5 nitrogen and oxygen atoms in total. The molecule has 17 heavy (non-hydrogen) atoms. The van der Waals surface area contributed by atoms with Crippen LogP contribution in [0.1, 0.15) is 36.7 Å². The molecule has 2 aromatic rings. The summed E-state index contributed by atoms with van der Waals surface area (Å²) in [6.07, 6.45) is 3.63. The van der Waals surface area contributed by atoms with E-state index in [9.17, 15) is 0 Å². The molecule has 2 aromatic heterocycles. The summed E-state index contributed by atoms with van der Waals surface area (Å²) in [5.41, 5.74) is 1.87. The van der Waals surface area contributed by atoms with Crippen molar-refractivity contribution in [3.63, 3.8) is 0 Å². The fraction of sp³-hybridized carbons (Fsp3) is 0.545. The minimum atomic E-state index is 0.498. The second kappa shape index (κ2) is 4.10. The van der Waals surface area contributed by atoms with Gasteiger partial charge in [-0.05, 0) is 31.3 Å². The van der Waals surface area contributed by atoms with Gasteiger partial charge in [-0.3, -0.25) is 0 Å². The predicted octanol–water partition coefficient (Wildman–Crippen LogP) is 2.81. The Kier molecular flexibility index (Phi) is 2.58. The van der Waals surface area contributed by atoms with Crippen molar-refractivity contribution in [2.45, 2.75) is 32.1 Å². The molecule has 2 heterocycles. The Morgan fingerprint density at radius 3 is 2.88 bits per heavy atom. The Morgan fingerprint density at radius 2 is 2.24 bits per heavy atom. The van der Waals surface area contributed by atoms with Crippen LogP contribution >= 0.6 is 11.5 Å². The summed E-state index contributed by atoms with van der Waals surface area (Å²) in [5, 5.41) is 8.16. The van der Waals surface area contributed by atoms with Gasteiger partial charge < -0.3 is 9.84 Å². The third-order valence-electron chi connectivity index (χ3n) is 3.22. The quantitative estimate of drug-likeness (QED) is 0.907. The van der Waals surface area contributed by atoms with Gasteiger partial charge in [0.2, 0.25) is 0 Å². The molecule has 1 saturated carbocycles. The molecular weight excluding hydrogens is 236 g/mol. The number of nitrogens with one attached hydrogen (secondary N) is 1. The topological polar surface area (TPSA) is 63.8 Å². The van der Waals surface area contributed by atoms with Crippen molar-refractivity contribution in [2.75, 3.05) is 12.4 Å². The van der Waals surface area contributed by atoms with Gasteiger partial charge in [0.1, 0.15) is 5.00 Å². The highest BCUT2D eigenvalue weighted by Crippen LogP contribution is 2.37. The molecule has 0 radical (unpaired) electrons. The summed E-state index contributed by atoms with van der Waals surface area (Å²) >= 11 is 1.42. The van der Waals surface area contributed by atoms with Crippen molar-refractivity contribution in [3.8, 4) is 11.5 Å². The first-order valence-corrected chi connectivity index (χ1v) is 6.55. The van der Waals surface area contributed by atoms with Crippen LogP contribution in [0, 0.1) is 6.92 Å². The Balaban J connectivity index is 1.97. The van der Waals surface area contributed by atoms with E-state index >= 15 is 0 Å². The van der Waals surface area contributed by atoms with Crippen LogP contribution in [-0.2, 0) is 0 Å². The van der Waals surface area contributed by atoms with E-state index in [1.807, 2.05) is 14.0 Å². The van der Waals surface area contributed by atoms with Crippen LogP contribution in [-0.4, -0.2) is 21.6 Å². The van der Waals surface area contributed by atoms with Crippen LogP contribution in [0.4, 0.5) is 5.00 Å². The first-order valence-electron chi connectivity index (χ1n) is 5.77. The van der Waals surface area contributed by atoms with E-state index in [0.717, 1.165) is 22.1 Å². The standard InChI is InChI=1S/C11H14N4OS/c1-6-8(11(12-2)17-15-6)10-13-9(14-16-10)7-4-3-5-7/h7,12H,3-5H2,1-2H3. The first kappa shape index (κ1) is 10.7. The summed E-state index contributed by atoms with van der Waals surface area (Å²) in [4.78, 5) is 4.49. The smallest absolute Gasteiger partial charge is 0.262 e. The van der Waals surface area contributed by atoms with E-state index in [0.29, 0.717) is 11.8 Å². The highest BCUT2D eigenvalue weighted by atomic mass is 32.1. The number of hydrogen-bond acceptors (Lipinski definition) is 6. The van der Waals surface area contributed by atoms with Gasteiger partial charge in [-0.2, -0.15) is 9.36 Å². The van der Waals surface area contributed by atoms with Gasteiger partial charge in [-0.1, -0.05) is 11.6 Å². The zero-order chi connectivity index (χ0) is 11.8. The maximum absolute atomic E-state index is 5.35. The monoisotopic (exact) mass is 250 g/mol. The molecular formula is C11H14N4OS. The van der Waals surface area contributed by atoms with E-state index in [2.05, 4.69) is 19.8 Å². The Morgan fingerprint density at radius 1 is 1.41 bits per heavy atom. The van der Waals surface area contributed by atoms with Crippen LogP contribution < -0.4 is 5.32 Å². The maximum Gasteiger partial charge on any atom is 0.262 e. The first-order chi connectivity index (χ1) is 8.29. The van der Waals surface area contributed by atoms with Crippen LogP contribution in [0.5, 0.6) is 0 Å². The molecule has 1 aliphatic carbocycles. The molecule has 0 unspecified atom stereocenters. The van der Waals surface area contributed by atoms with E-state index in [1.165, 1.54) is 30.8 Å². The third kappa shape index (κ3) is 1.72. The zero-order valence-corrected chi connectivity index (χ0v) is 10.7. The fourth-order valence-electron chi connectivity index (χ4n) is 1.96. The second-order valence-electron chi connectivity index (χ2n) is 4.31. The van der Waals surface area contributed by atoms with E-state index < -0.39 is 0 Å². The molecule has 1 N–H and O–H groups in total. The largest absolute Gasteiger partial charge is 0.378 e. The highest BCUT2D eigenvalue weighted by molar-refractivity contribution is 7.10. The van der Waals surface area contributed by atoms with Crippen molar-refractivity contribution in [1.29, 1.82) is 0 Å². The summed E-state index contributed by atoms with van der Waals surface area (Å²) in [6, 6.07) is 0. The Labute approximate surface area is 103 Å². The van der Waals surface area contributed by atoms with Gasteiger partial charge in [0, 0.05) is 13.0 Å². The molecule has 6 heteroatoms. The van der Waals surface area contributed by atoms with Crippen molar-refractivity contribution >= 4 is 16.5 Å². The molecule has 3 rings (SSSR count). The number of aryl methyl sites for hydroxylation is 1. The van der Waals surface area contributed by atoms with Crippen LogP contribution in [0.2, 0.25) is 0 Å². The van der Waals surface area contributed by atoms with Crippen molar-refractivity contribution < 1.29 is 4.52 Å². The van der Waals surface area contributed by atoms with Crippen LogP contribution in [0.3, 0.4) is 0 Å². The number of hydrogen-bond donors (Lipinski definition) is 1. The van der Waals surface area contributed by atoms with Crippen molar-refractivity contribution in [2.24, 2.45) is 0 Å². The average Bonchev–Trinajstić information content (AvgIpc) is 2.82. The normalized spacial score (nSPS) is 15.9. The highest BCUT2D eigenvalue weighted by Gasteiger charge is 2.26. The molecule has 1 aliphatic rings. The van der Waals surface area contributed by atoms with E-state index in [1.54, 1.807) is 0 Å². The number of rotatable bonds is 3. The summed E-state index contributed by atoms with van der Waals surface area (Å²) in [5.74, 6) is 1.93. The van der Waals surface area contributed by atoms with Gasteiger partial charge in [-0.25, -0.2) is 0 Å². The third-order valence-corrected chi connectivity index (χ3v) is 4.17. The lowest BCUT2D eigenvalue weighted by atomic mass is 9.85. The summed E-state index contributed by atoms with van der Waals surface area (Å²) < 4.78 is 9.66. The lowest BCUT2D eigenvalue weighted by molar-refractivity contribution is 0.366. The van der Waals surface area contributed by atoms with Crippen molar-refractivity contribution in [1.82, 2.24) is 14.5 Å². The fourth-order valence-corrected chi connectivity index (χ4v) is 2.70. The molecule has 0 atom stereocenters. The van der Waals surface area contributed by atoms with Crippen LogP contribution in [0.15, 0.2) is 4.52 Å².